The van der Waals surface area contributed by atoms with Gasteiger partial charge in [-0.3, -0.25) is 9.52 Å². The molecule has 1 amide bonds. The average Bonchev–Trinajstić information content (AvgIpc) is 2.84. The van der Waals surface area contributed by atoms with E-state index in [1.807, 2.05) is 6.92 Å². The highest BCUT2D eigenvalue weighted by atomic mass is 35.5. The van der Waals surface area contributed by atoms with Gasteiger partial charge >= 0.3 is 5.97 Å². The van der Waals surface area contributed by atoms with Crippen LogP contribution in [0.1, 0.15) is 40.5 Å². The standard InChI is InChI=1S/C25H25ClN2O6S/c1-3-4-14-34-25(30)17-8-10-20(11-9-17)28-35(31,32)21-12-13-23(33-2)22(16-21)27-24(29)18-6-5-7-19(26)15-18/h5-13,15-16,28H,3-4,14H2,1-2H3,(H,27,29). The van der Waals surface area contributed by atoms with Crippen LogP contribution in [-0.4, -0.2) is 34.0 Å². The number of carbonyl (C=O) groups is 2. The van der Waals surface area contributed by atoms with E-state index in [1.54, 1.807) is 18.2 Å². The fourth-order valence-electron chi connectivity index (χ4n) is 3.06. The van der Waals surface area contributed by atoms with E-state index in [0.29, 0.717) is 22.8 Å². The lowest BCUT2D eigenvalue weighted by Crippen LogP contribution is -2.16. The molecule has 184 valence electrons. The maximum atomic E-state index is 13.0. The first-order valence-electron chi connectivity index (χ1n) is 10.8. The minimum Gasteiger partial charge on any atom is -0.495 e. The van der Waals surface area contributed by atoms with Crippen molar-refractivity contribution in [1.29, 1.82) is 0 Å². The molecular formula is C25H25ClN2O6S. The quantitative estimate of drug-likeness (QED) is 0.277. The maximum absolute atomic E-state index is 13.0. The normalized spacial score (nSPS) is 10.9. The van der Waals surface area contributed by atoms with Crippen LogP contribution in [0.25, 0.3) is 0 Å². The average molecular weight is 517 g/mol. The molecule has 0 aliphatic carbocycles. The highest BCUT2D eigenvalue weighted by Gasteiger charge is 2.19. The Balaban J connectivity index is 1.77. The van der Waals surface area contributed by atoms with Crippen LogP contribution in [0, 0.1) is 0 Å². The molecule has 0 bridgehead atoms. The molecule has 0 aliphatic heterocycles. The number of unbranched alkanes of at least 4 members (excludes halogenated alkanes) is 1. The van der Waals surface area contributed by atoms with Gasteiger partial charge in [-0.25, -0.2) is 13.2 Å². The van der Waals surface area contributed by atoms with E-state index in [9.17, 15) is 18.0 Å². The largest absolute Gasteiger partial charge is 0.495 e. The zero-order chi connectivity index (χ0) is 25.4. The van der Waals surface area contributed by atoms with Gasteiger partial charge in [0.15, 0.2) is 0 Å². The number of nitrogens with one attached hydrogen (secondary N) is 2. The number of halogens is 1. The zero-order valence-electron chi connectivity index (χ0n) is 19.2. The molecule has 0 atom stereocenters. The Morgan fingerprint density at radius 2 is 1.71 bits per heavy atom. The van der Waals surface area contributed by atoms with Gasteiger partial charge in [-0.1, -0.05) is 31.0 Å². The Bertz CT molecular complexity index is 1310. The molecule has 2 N–H and O–H groups in total. The topological polar surface area (TPSA) is 111 Å². The van der Waals surface area contributed by atoms with Crippen LogP contribution < -0.4 is 14.8 Å². The number of methoxy groups -OCH3 is 1. The molecule has 0 saturated heterocycles. The fourth-order valence-corrected chi connectivity index (χ4v) is 4.33. The molecule has 0 radical (unpaired) electrons. The summed E-state index contributed by atoms with van der Waals surface area (Å²) in [4.78, 5) is 24.6. The minimum absolute atomic E-state index is 0.0947. The number of sulfonamides is 1. The van der Waals surface area contributed by atoms with E-state index in [1.165, 1.54) is 55.6 Å². The summed E-state index contributed by atoms with van der Waals surface area (Å²) in [5.41, 5.74) is 1.06. The highest BCUT2D eigenvalue weighted by Crippen LogP contribution is 2.29. The Labute approximate surface area is 209 Å². The maximum Gasteiger partial charge on any atom is 0.338 e. The fraction of sp³-hybridized carbons (Fsp3) is 0.200. The summed E-state index contributed by atoms with van der Waals surface area (Å²) in [6.07, 6.45) is 1.68. The summed E-state index contributed by atoms with van der Waals surface area (Å²) in [5, 5.41) is 3.05. The number of rotatable bonds is 10. The van der Waals surface area contributed by atoms with Gasteiger partial charge in [-0.15, -0.1) is 0 Å². The first-order chi connectivity index (χ1) is 16.7. The summed E-state index contributed by atoms with van der Waals surface area (Å²) in [6.45, 7) is 2.32. The van der Waals surface area contributed by atoms with Crippen LogP contribution in [0.2, 0.25) is 5.02 Å². The lowest BCUT2D eigenvalue weighted by Gasteiger charge is -2.14. The number of hydrogen-bond donors (Lipinski definition) is 2. The predicted octanol–water partition coefficient (Wildman–Crippen LogP) is 5.36. The van der Waals surface area contributed by atoms with Crippen LogP contribution in [0.15, 0.2) is 71.6 Å². The summed E-state index contributed by atoms with van der Waals surface area (Å²) in [7, 11) is -2.60. The molecular weight excluding hydrogens is 492 g/mol. The molecule has 0 unspecified atom stereocenters. The van der Waals surface area contributed by atoms with Crippen LogP contribution >= 0.6 is 11.6 Å². The van der Waals surface area contributed by atoms with E-state index >= 15 is 0 Å². The smallest absolute Gasteiger partial charge is 0.338 e. The monoisotopic (exact) mass is 516 g/mol. The van der Waals surface area contributed by atoms with E-state index in [2.05, 4.69) is 10.0 Å². The minimum atomic E-state index is -4.01. The van der Waals surface area contributed by atoms with Crippen molar-refractivity contribution in [3.05, 3.63) is 82.9 Å². The molecule has 3 aromatic rings. The van der Waals surface area contributed by atoms with Gasteiger partial charge in [0.05, 0.1) is 29.9 Å². The third-order valence-corrected chi connectivity index (χ3v) is 6.53. The van der Waals surface area contributed by atoms with Crippen LogP contribution in [-0.2, 0) is 14.8 Å². The number of carbonyl (C=O) groups excluding carboxylic acids is 2. The second-order valence-electron chi connectivity index (χ2n) is 7.50. The number of benzene rings is 3. The molecule has 3 rings (SSSR count). The predicted molar refractivity (Wildman–Crippen MR) is 135 cm³/mol. The molecule has 3 aromatic carbocycles. The molecule has 0 aromatic heterocycles. The third kappa shape index (κ3) is 6.97. The van der Waals surface area contributed by atoms with Gasteiger partial charge in [0.1, 0.15) is 5.75 Å². The van der Waals surface area contributed by atoms with Crippen molar-refractivity contribution in [3.8, 4) is 5.75 Å². The number of hydrogen-bond acceptors (Lipinski definition) is 6. The SMILES string of the molecule is CCCCOC(=O)c1ccc(NS(=O)(=O)c2ccc(OC)c(NC(=O)c3cccc(Cl)c3)c2)cc1. The molecule has 0 fully saturated rings. The first kappa shape index (κ1) is 26.1. The number of anilines is 2. The second kappa shape index (κ2) is 11.7. The second-order valence-corrected chi connectivity index (χ2v) is 9.62. The van der Waals surface area contributed by atoms with E-state index in [-0.39, 0.29) is 22.0 Å². The van der Waals surface area contributed by atoms with Crippen molar-refractivity contribution in [2.24, 2.45) is 0 Å². The van der Waals surface area contributed by atoms with E-state index < -0.39 is 21.9 Å². The van der Waals surface area contributed by atoms with Crippen LogP contribution in [0.4, 0.5) is 11.4 Å². The molecule has 8 nitrogen and oxygen atoms in total. The molecule has 0 aliphatic rings. The van der Waals surface area contributed by atoms with Gasteiger partial charge in [0.25, 0.3) is 15.9 Å². The molecule has 35 heavy (non-hydrogen) atoms. The van der Waals surface area contributed by atoms with Crippen molar-refractivity contribution in [2.45, 2.75) is 24.7 Å². The first-order valence-corrected chi connectivity index (χ1v) is 12.6. The van der Waals surface area contributed by atoms with Crippen LogP contribution in [0.3, 0.4) is 0 Å². The summed E-state index contributed by atoms with van der Waals surface area (Å²) in [5.74, 6) is -0.664. The lowest BCUT2D eigenvalue weighted by atomic mass is 10.2. The van der Waals surface area contributed by atoms with Crippen molar-refractivity contribution in [1.82, 2.24) is 0 Å². The Hall–Kier alpha value is -3.56. The highest BCUT2D eigenvalue weighted by molar-refractivity contribution is 7.92. The van der Waals surface area contributed by atoms with Crippen molar-refractivity contribution in [3.63, 3.8) is 0 Å². The zero-order valence-corrected chi connectivity index (χ0v) is 20.8. The Morgan fingerprint density at radius 1 is 0.971 bits per heavy atom. The summed E-state index contributed by atoms with van der Waals surface area (Å²) in [6, 6.07) is 16.4. The Morgan fingerprint density at radius 3 is 2.37 bits per heavy atom. The van der Waals surface area contributed by atoms with E-state index in [4.69, 9.17) is 21.1 Å². The number of ether oxygens (including phenoxy) is 2. The summed E-state index contributed by atoms with van der Waals surface area (Å²) < 4.78 is 38.8. The number of amides is 1. The summed E-state index contributed by atoms with van der Waals surface area (Å²) >= 11 is 5.95. The van der Waals surface area contributed by atoms with Gasteiger partial charge in [0, 0.05) is 16.3 Å². The number of esters is 1. The van der Waals surface area contributed by atoms with Gasteiger partial charge in [0.2, 0.25) is 0 Å². The van der Waals surface area contributed by atoms with Gasteiger partial charge in [-0.05, 0) is 67.1 Å². The third-order valence-electron chi connectivity index (χ3n) is 4.92. The molecule has 0 spiro atoms. The Kier molecular flexibility index (Phi) is 8.73. The van der Waals surface area contributed by atoms with Crippen molar-refractivity contribution in [2.75, 3.05) is 23.8 Å². The molecule has 0 heterocycles. The lowest BCUT2D eigenvalue weighted by molar-refractivity contribution is 0.0499. The van der Waals surface area contributed by atoms with Crippen LogP contribution in [0.5, 0.6) is 5.75 Å². The van der Waals surface area contributed by atoms with Crippen molar-refractivity contribution < 1.29 is 27.5 Å². The van der Waals surface area contributed by atoms with Crippen molar-refractivity contribution >= 4 is 44.9 Å². The molecule has 0 saturated carbocycles. The van der Waals surface area contributed by atoms with E-state index in [0.717, 1.165) is 12.8 Å². The van der Waals surface area contributed by atoms with Gasteiger partial charge < -0.3 is 14.8 Å². The van der Waals surface area contributed by atoms with Gasteiger partial charge in [-0.2, -0.15) is 0 Å². The molecule has 10 heteroatoms.